The number of nitriles is 1. The van der Waals surface area contributed by atoms with E-state index in [1.54, 1.807) is 12.1 Å². The molecule has 74 valence electrons. The SMILES string of the molecule is CCCNc1ccc(C#N)c(Cl)c1Cl. The highest BCUT2D eigenvalue weighted by atomic mass is 35.5. The number of nitrogens with zero attached hydrogens (tertiary/aromatic N) is 1. The summed E-state index contributed by atoms with van der Waals surface area (Å²) in [4.78, 5) is 0. The van der Waals surface area contributed by atoms with Gasteiger partial charge in [-0.05, 0) is 18.6 Å². The molecule has 0 aliphatic heterocycles. The lowest BCUT2D eigenvalue weighted by molar-refractivity contribution is 0.980. The van der Waals surface area contributed by atoms with Gasteiger partial charge >= 0.3 is 0 Å². The Morgan fingerprint density at radius 2 is 2.07 bits per heavy atom. The Kier molecular flexibility index (Phi) is 4.06. The van der Waals surface area contributed by atoms with Gasteiger partial charge in [-0.15, -0.1) is 0 Å². The molecule has 0 aliphatic carbocycles. The predicted molar refractivity (Wildman–Crippen MR) is 60.0 cm³/mol. The highest BCUT2D eigenvalue weighted by Crippen LogP contribution is 2.32. The third-order valence-corrected chi connectivity index (χ3v) is 2.65. The van der Waals surface area contributed by atoms with Gasteiger partial charge in [-0.25, -0.2) is 0 Å². The molecule has 0 fully saturated rings. The smallest absolute Gasteiger partial charge is 0.101 e. The number of benzene rings is 1. The normalized spacial score (nSPS) is 9.57. The molecule has 2 nitrogen and oxygen atoms in total. The fourth-order valence-electron chi connectivity index (χ4n) is 1.03. The van der Waals surface area contributed by atoms with Gasteiger partial charge in [0.25, 0.3) is 0 Å². The maximum atomic E-state index is 8.70. The molecule has 0 aliphatic rings. The molecule has 14 heavy (non-hydrogen) atoms. The van der Waals surface area contributed by atoms with E-state index in [0.717, 1.165) is 18.7 Å². The van der Waals surface area contributed by atoms with Gasteiger partial charge < -0.3 is 5.32 Å². The molecule has 1 aromatic carbocycles. The van der Waals surface area contributed by atoms with Gasteiger partial charge in [-0.2, -0.15) is 5.26 Å². The van der Waals surface area contributed by atoms with Crippen molar-refractivity contribution in [1.29, 1.82) is 5.26 Å². The van der Waals surface area contributed by atoms with Crippen LogP contribution in [-0.2, 0) is 0 Å². The van der Waals surface area contributed by atoms with Gasteiger partial charge in [-0.3, -0.25) is 0 Å². The lowest BCUT2D eigenvalue weighted by atomic mass is 10.2. The second-order valence-corrected chi connectivity index (χ2v) is 3.58. The van der Waals surface area contributed by atoms with Gasteiger partial charge in [0.15, 0.2) is 0 Å². The van der Waals surface area contributed by atoms with E-state index >= 15 is 0 Å². The fourth-order valence-corrected chi connectivity index (χ4v) is 1.47. The second-order valence-electron chi connectivity index (χ2n) is 2.83. The van der Waals surface area contributed by atoms with Crippen LogP contribution in [0.4, 0.5) is 5.69 Å². The Balaban J connectivity index is 3.00. The third-order valence-electron chi connectivity index (χ3n) is 1.77. The number of rotatable bonds is 3. The van der Waals surface area contributed by atoms with Crippen LogP contribution in [0, 0.1) is 11.3 Å². The zero-order valence-corrected chi connectivity index (χ0v) is 9.28. The van der Waals surface area contributed by atoms with Crippen molar-refractivity contribution in [2.24, 2.45) is 0 Å². The first-order valence-electron chi connectivity index (χ1n) is 4.32. The number of anilines is 1. The van der Waals surface area contributed by atoms with Crippen LogP contribution in [0.2, 0.25) is 10.0 Å². The van der Waals surface area contributed by atoms with Crippen LogP contribution < -0.4 is 5.32 Å². The van der Waals surface area contributed by atoms with Gasteiger partial charge in [0.1, 0.15) is 6.07 Å². The van der Waals surface area contributed by atoms with E-state index < -0.39 is 0 Å². The van der Waals surface area contributed by atoms with Gasteiger partial charge in [0.05, 0.1) is 21.3 Å². The molecular formula is C10H10Cl2N2. The summed E-state index contributed by atoms with van der Waals surface area (Å²) < 4.78 is 0. The van der Waals surface area contributed by atoms with Crippen LogP contribution in [0.5, 0.6) is 0 Å². The number of hydrogen-bond donors (Lipinski definition) is 1. The zero-order valence-electron chi connectivity index (χ0n) is 7.77. The summed E-state index contributed by atoms with van der Waals surface area (Å²) in [6.45, 7) is 2.90. The lowest BCUT2D eigenvalue weighted by Crippen LogP contribution is -2.00. The van der Waals surface area contributed by atoms with E-state index in [1.165, 1.54) is 0 Å². The quantitative estimate of drug-likeness (QED) is 0.857. The van der Waals surface area contributed by atoms with Crippen molar-refractivity contribution in [3.63, 3.8) is 0 Å². The summed E-state index contributed by atoms with van der Waals surface area (Å²) in [5.74, 6) is 0. The molecule has 0 unspecified atom stereocenters. The van der Waals surface area contributed by atoms with Gasteiger partial charge in [0.2, 0.25) is 0 Å². The van der Waals surface area contributed by atoms with E-state index in [0.29, 0.717) is 15.6 Å². The second kappa shape index (κ2) is 5.09. The molecule has 4 heteroatoms. The van der Waals surface area contributed by atoms with Crippen molar-refractivity contribution in [2.75, 3.05) is 11.9 Å². The minimum absolute atomic E-state index is 0.315. The maximum Gasteiger partial charge on any atom is 0.101 e. The number of nitrogens with one attached hydrogen (secondary N) is 1. The summed E-state index contributed by atoms with van der Waals surface area (Å²) in [6, 6.07) is 5.40. The van der Waals surface area contributed by atoms with Crippen molar-refractivity contribution in [3.8, 4) is 6.07 Å². The molecule has 0 radical (unpaired) electrons. The molecule has 1 aromatic rings. The van der Waals surface area contributed by atoms with Crippen LogP contribution in [0.25, 0.3) is 0 Å². The predicted octanol–water partition coefficient (Wildman–Crippen LogP) is 3.69. The van der Waals surface area contributed by atoms with Crippen LogP contribution >= 0.6 is 23.2 Å². The molecule has 0 amide bonds. The van der Waals surface area contributed by atoms with Crippen LogP contribution in [-0.4, -0.2) is 6.54 Å². The summed E-state index contributed by atoms with van der Waals surface area (Å²) in [6.07, 6.45) is 1.01. The van der Waals surface area contributed by atoms with E-state index in [2.05, 4.69) is 12.2 Å². The summed E-state index contributed by atoms with van der Waals surface area (Å²) in [7, 11) is 0. The Morgan fingerprint density at radius 1 is 1.36 bits per heavy atom. The van der Waals surface area contributed by atoms with Crippen molar-refractivity contribution in [1.82, 2.24) is 0 Å². The Morgan fingerprint density at radius 3 is 2.64 bits per heavy atom. The van der Waals surface area contributed by atoms with E-state index in [-0.39, 0.29) is 0 Å². The molecule has 1 rings (SSSR count). The zero-order chi connectivity index (χ0) is 10.6. The maximum absolute atomic E-state index is 8.70. The topological polar surface area (TPSA) is 35.8 Å². The molecule has 0 saturated carbocycles. The number of halogens is 2. The van der Waals surface area contributed by atoms with Gasteiger partial charge in [0, 0.05) is 6.54 Å². The molecule has 1 N–H and O–H groups in total. The third kappa shape index (κ3) is 2.31. The van der Waals surface area contributed by atoms with Crippen LogP contribution in [0.3, 0.4) is 0 Å². The monoisotopic (exact) mass is 228 g/mol. The summed E-state index contributed by atoms with van der Waals surface area (Å²) in [5.41, 5.74) is 1.18. The van der Waals surface area contributed by atoms with E-state index in [1.807, 2.05) is 6.07 Å². The molecule has 0 spiro atoms. The Hall–Kier alpha value is -0.910. The molecule has 0 atom stereocenters. The lowest BCUT2D eigenvalue weighted by Gasteiger charge is -2.08. The Bertz CT molecular complexity index is 369. The largest absolute Gasteiger partial charge is 0.384 e. The minimum atomic E-state index is 0.315. The molecule has 0 heterocycles. The van der Waals surface area contributed by atoms with Gasteiger partial charge in [-0.1, -0.05) is 30.1 Å². The molecule has 0 saturated heterocycles. The summed E-state index contributed by atoms with van der Waals surface area (Å²) >= 11 is 11.9. The first-order chi connectivity index (χ1) is 6.70. The summed E-state index contributed by atoms with van der Waals surface area (Å²) in [5, 5.41) is 12.6. The van der Waals surface area contributed by atoms with Crippen molar-refractivity contribution >= 4 is 28.9 Å². The standard InChI is InChI=1S/C10H10Cl2N2/c1-2-5-14-8-4-3-7(6-13)9(11)10(8)12/h3-4,14H,2,5H2,1H3. The highest BCUT2D eigenvalue weighted by Gasteiger charge is 2.08. The average Bonchev–Trinajstić information content (AvgIpc) is 2.20. The van der Waals surface area contributed by atoms with Crippen LogP contribution in [0.1, 0.15) is 18.9 Å². The van der Waals surface area contributed by atoms with Crippen molar-refractivity contribution in [2.45, 2.75) is 13.3 Å². The van der Waals surface area contributed by atoms with E-state index in [4.69, 9.17) is 28.5 Å². The molecular weight excluding hydrogens is 219 g/mol. The molecule has 0 bridgehead atoms. The van der Waals surface area contributed by atoms with E-state index in [9.17, 15) is 0 Å². The van der Waals surface area contributed by atoms with Crippen molar-refractivity contribution < 1.29 is 0 Å². The highest BCUT2D eigenvalue weighted by molar-refractivity contribution is 6.44. The van der Waals surface area contributed by atoms with Crippen LogP contribution in [0.15, 0.2) is 12.1 Å². The molecule has 0 aromatic heterocycles. The minimum Gasteiger partial charge on any atom is -0.384 e. The number of hydrogen-bond acceptors (Lipinski definition) is 2. The van der Waals surface area contributed by atoms with Crippen molar-refractivity contribution in [3.05, 3.63) is 27.7 Å². The fraction of sp³-hybridized carbons (Fsp3) is 0.300. The average molecular weight is 229 g/mol. The first-order valence-corrected chi connectivity index (χ1v) is 5.08. The first kappa shape index (κ1) is 11.2. The Labute approximate surface area is 93.4 Å².